The van der Waals surface area contributed by atoms with Gasteiger partial charge in [-0.1, -0.05) is 6.92 Å². The highest BCUT2D eigenvalue weighted by molar-refractivity contribution is 5.08. The van der Waals surface area contributed by atoms with Crippen LogP contribution in [0.5, 0.6) is 0 Å². The molecular formula is C12H17F6N3. The van der Waals surface area contributed by atoms with Crippen molar-refractivity contribution in [1.82, 2.24) is 15.1 Å². The Kier molecular flexibility index (Phi) is 5.66. The van der Waals surface area contributed by atoms with E-state index < -0.39 is 30.7 Å². The lowest BCUT2D eigenvalue weighted by Crippen LogP contribution is -2.52. The Labute approximate surface area is 118 Å². The molecule has 0 fully saturated rings. The molecule has 0 radical (unpaired) electrons. The molecule has 0 aliphatic rings. The topological polar surface area (TPSA) is 29.9 Å². The number of hydrogen-bond donors (Lipinski definition) is 1. The smallest absolute Gasteiger partial charge is 0.313 e. The van der Waals surface area contributed by atoms with Crippen molar-refractivity contribution in [3.05, 3.63) is 18.0 Å². The number of halogens is 6. The van der Waals surface area contributed by atoms with Gasteiger partial charge < -0.3 is 5.32 Å². The third kappa shape index (κ3) is 5.22. The summed E-state index contributed by atoms with van der Waals surface area (Å²) in [5.74, 6) is -3.41. The van der Waals surface area contributed by atoms with Crippen LogP contribution in [0, 0.1) is 5.92 Å². The molecule has 0 aliphatic carbocycles. The maximum absolute atomic E-state index is 12.8. The van der Waals surface area contributed by atoms with Crippen LogP contribution in [0.15, 0.2) is 12.4 Å². The maximum atomic E-state index is 12.8. The predicted octanol–water partition coefficient (Wildman–Crippen LogP) is 3.07. The Morgan fingerprint density at radius 1 is 1.19 bits per heavy atom. The highest BCUT2D eigenvalue weighted by atomic mass is 19.4. The third-order valence-corrected chi connectivity index (χ3v) is 2.98. The van der Waals surface area contributed by atoms with E-state index in [1.165, 1.54) is 17.1 Å². The van der Waals surface area contributed by atoms with Crippen LogP contribution in [0.3, 0.4) is 0 Å². The van der Waals surface area contributed by atoms with E-state index in [4.69, 9.17) is 0 Å². The standard InChI is InChI=1S/C12H17F6N3/c1-3-4-19-9(5-8-6-20-21(2)7-8)10(11(13,14)15)12(16,17)18/h6-7,9-10,19H,3-5H2,1-2H3. The van der Waals surface area contributed by atoms with E-state index in [1.54, 1.807) is 14.0 Å². The lowest BCUT2D eigenvalue weighted by atomic mass is 9.93. The molecule has 1 heterocycles. The van der Waals surface area contributed by atoms with E-state index in [0.717, 1.165) is 0 Å². The molecule has 0 saturated heterocycles. The van der Waals surface area contributed by atoms with Crippen molar-refractivity contribution in [2.24, 2.45) is 13.0 Å². The number of aromatic nitrogens is 2. The minimum absolute atomic E-state index is 0.0770. The van der Waals surface area contributed by atoms with Gasteiger partial charge in [0.15, 0.2) is 5.92 Å². The van der Waals surface area contributed by atoms with Crippen LogP contribution >= 0.6 is 0 Å². The van der Waals surface area contributed by atoms with Gasteiger partial charge in [-0.3, -0.25) is 4.68 Å². The van der Waals surface area contributed by atoms with E-state index in [-0.39, 0.29) is 6.54 Å². The zero-order chi connectivity index (χ0) is 16.3. The number of rotatable bonds is 6. The molecule has 1 N–H and O–H groups in total. The van der Waals surface area contributed by atoms with Crippen LogP contribution < -0.4 is 5.32 Å². The SMILES string of the molecule is CCCNC(Cc1cnn(C)c1)C(C(F)(F)F)C(F)(F)F. The fraction of sp³-hybridized carbons (Fsp3) is 0.750. The molecule has 1 aromatic rings. The monoisotopic (exact) mass is 317 g/mol. The molecule has 0 amide bonds. The summed E-state index contributed by atoms with van der Waals surface area (Å²) in [4.78, 5) is 0. The molecule has 21 heavy (non-hydrogen) atoms. The van der Waals surface area contributed by atoms with Gasteiger partial charge in [0.2, 0.25) is 0 Å². The van der Waals surface area contributed by atoms with Crippen molar-refractivity contribution in [3.8, 4) is 0 Å². The van der Waals surface area contributed by atoms with Crippen LogP contribution in [-0.2, 0) is 13.5 Å². The quantitative estimate of drug-likeness (QED) is 0.817. The number of hydrogen-bond acceptors (Lipinski definition) is 2. The molecule has 1 rings (SSSR count). The van der Waals surface area contributed by atoms with E-state index in [1.807, 2.05) is 0 Å². The maximum Gasteiger partial charge on any atom is 0.402 e. The summed E-state index contributed by atoms with van der Waals surface area (Å²) in [7, 11) is 1.54. The molecule has 0 saturated carbocycles. The lowest BCUT2D eigenvalue weighted by Gasteiger charge is -2.31. The van der Waals surface area contributed by atoms with E-state index >= 15 is 0 Å². The van der Waals surface area contributed by atoms with Crippen LogP contribution in [0.4, 0.5) is 26.3 Å². The third-order valence-electron chi connectivity index (χ3n) is 2.98. The van der Waals surface area contributed by atoms with Gasteiger partial charge in [-0.25, -0.2) is 0 Å². The summed E-state index contributed by atoms with van der Waals surface area (Å²) in [5.41, 5.74) is 0.324. The fourth-order valence-corrected chi connectivity index (χ4v) is 2.11. The number of nitrogens with one attached hydrogen (secondary N) is 1. The Hall–Kier alpha value is -1.25. The first kappa shape index (κ1) is 17.8. The Morgan fingerprint density at radius 2 is 1.76 bits per heavy atom. The highest BCUT2D eigenvalue weighted by Crippen LogP contribution is 2.42. The second-order valence-electron chi connectivity index (χ2n) is 4.85. The average molecular weight is 317 g/mol. The summed E-state index contributed by atoms with van der Waals surface area (Å²) in [6.07, 6.45) is -7.99. The summed E-state index contributed by atoms with van der Waals surface area (Å²) in [5, 5.41) is 6.12. The average Bonchev–Trinajstić information content (AvgIpc) is 2.67. The lowest BCUT2D eigenvalue weighted by molar-refractivity contribution is -0.291. The summed E-state index contributed by atoms with van der Waals surface area (Å²) >= 11 is 0. The predicted molar refractivity (Wildman–Crippen MR) is 64.6 cm³/mol. The molecule has 1 unspecified atom stereocenters. The van der Waals surface area contributed by atoms with Crippen molar-refractivity contribution in [1.29, 1.82) is 0 Å². The molecule has 9 heteroatoms. The summed E-state index contributed by atoms with van der Waals surface area (Å²) in [6, 6.07) is -1.77. The fourth-order valence-electron chi connectivity index (χ4n) is 2.11. The van der Waals surface area contributed by atoms with E-state index in [9.17, 15) is 26.3 Å². The van der Waals surface area contributed by atoms with Gasteiger partial charge in [-0.15, -0.1) is 0 Å². The van der Waals surface area contributed by atoms with Crippen molar-refractivity contribution < 1.29 is 26.3 Å². The van der Waals surface area contributed by atoms with Gasteiger partial charge in [-0.2, -0.15) is 31.4 Å². The van der Waals surface area contributed by atoms with E-state index in [2.05, 4.69) is 10.4 Å². The zero-order valence-electron chi connectivity index (χ0n) is 11.6. The van der Waals surface area contributed by atoms with Crippen molar-refractivity contribution in [2.75, 3.05) is 6.54 Å². The Balaban J connectivity index is 3.02. The normalized spacial score (nSPS) is 14.7. The summed E-state index contributed by atoms with van der Waals surface area (Å²) < 4.78 is 78.3. The van der Waals surface area contributed by atoms with Gasteiger partial charge in [0, 0.05) is 19.3 Å². The number of aryl methyl sites for hydroxylation is 1. The zero-order valence-corrected chi connectivity index (χ0v) is 11.6. The molecule has 0 bridgehead atoms. The van der Waals surface area contributed by atoms with Crippen molar-refractivity contribution >= 4 is 0 Å². The molecule has 3 nitrogen and oxygen atoms in total. The summed E-state index contributed by atoms with van der Waals surface area (Å²) in [6.45, 7) is 1.75. The van der Waals surface area contributed by atoms with Gasteiger partial charge in [0.05, 0.1) is 6.20 Å². The Bertz CT molecular complexity index is 423. The second kappa shape index (κ2) is 6.67. The van der Waals surface area contributed by atoms with Crippen molar-refractivity contribution in [2.45, 2.75) is 38.2 Å². The first-order valence-electron chi connectivity index (χ1n) is 6.40. The molecular weight excluding hydrogens is 300 g/mol. The van der Waals surface area contributed by atoms with Crippen LogP contribution in [0.1, 0.15) is 18.9 Å². The minimum Gasteiger partial charge on any atom is -0.313 e. The molecule has 1 aromatic heterocycles. The number of nitrogens with zero attached hydrogens (tertiary/aromatic N) is 2. The van der Waals surface area contributed by atoms with Crippen LogP contribution in [0.2, 0.25) is 0 Å². The molecule has 0 aliphatic heterocycles. The van der Waals surface area contributed by atoms with E-state index in [0.29, 0.717) is 12.0 Å². The largest absolute Gasteiger partial charge is 0.402 e. The minimum atomic E-state index is -5.36. The molecule has 122 valence electrons. The molecule has 1 atom stereocenters. The van der Waals surface area contributed by atoms with Gasteiger partial charge in [0.25, 0.3) is 0 Å². The van der Waals surface area contributed by atoms with Gasteiger partial charge in [0.1, 0.15) is 0 Å². The second-order valence-corrected chi connectivity index (χ2v) is 4.85. The van der Waals surface area contributed by atoms with Gasteiger partial charge >= 0.3 is 12.4 Å². The first-order chi connectivity index (χ1) is 9.55. The van der Waals surface area contributed by atoms with Crippen LogP contribution in [0.25, 0.3) is 0 Å². The molecule has 0 aromatic carbocycles. The van der Waals surface area contributed by atoms with Crippen molar-refractivity contribution in [3.63, 3.8) is 0 Å². The van der Waals surface area contributed by atoms with Crippen LogP contribution in [-0.4, -0.2) is 34.7 Å². The molecule has 0 spiro atoms. The highest BCUT2D eigenvalue weighted by Gasteiger charge is 2.59. The first-order valence-corrected chi connectivity index (χ1v) is 6.40. The Morgan fingerprint density at radius 3 is 2.14 bits per heavy atom. The number of alkyl halides is 6. The van der Waals surface area contributed by atoms with Gasteiger partial charge in [-0.05, 0) is 24.9 Å².